The predicted octanol–water partition coefficient (Wildman–Crippen LogP) is 1.03. The van der Waals surface area contributed by atoms with Crippen LogP contribution in [0.3, 0.4) is 0 Å². The lowest BCUT2D eigenvalue weighted by molar-refractivity contribution is -0.137. The number of rotatable bonds is 4. The summed E-state index contributed by atoms with van der Waals surface area (Å²) in [6.45, 7) is -0.266. The van der Waals surface area contributed by atoms with Gasteiger partial charge in [-0.05, 0) is 24.3 Å². The van der Waals surface area contributed by atoms with Gasteiger partial charge in [0.15, 0.2) is 0 Å². The summed E-state index contributed by atoms with van der Waals surface area (Å²) in [5.41, 5.74) is 1.63. The Morgan fingerprint density at radius 1 is 1.15 bits per heavy atom. The minimum Gasteiger partial charge on any atom is -0.343 e. The average Bonchev–Trinajstić information content (AvgIpc) is 2.34. The van der Waals surface area contributed by atoms with Crippen LogP contribution >= 0.6 is 0 Å². The number of nitrogens with zero attached hydrogens (tertiary/aromatic N) is 1. The maximum atomic E-state index is 12.3. The molecule has 2 N–H and O–H groups in total. The van der Waals surface area contributed by atoms with Crippen LogP contribution < -0.4 is 10.7 Å². The van der Waals surface area contributed by atoms with Gasteiger partial charge < -0.3 is 5.32 Å². The van der Waals surface area contributed by atoms with Gasteiger partial charge in [0.2, 0.25) is 0 Å². The molecule has 0 radical (unpaired) electrons. The molecule has 2 amide bonds. The van der Waals surface area contributed by atoms with Crippen molar-refractivity contribution >= 4 is 11.8 Å². The average molecular weight is 289 g/mol. The fourth-order valence-corrected chi connectivity index (χ4v) is 1.36. The third kappa shape index (κ3) is 4.88. The van der Waals surface area contributed by atoms with Gasteiger partial charge in [-0.3, -0.25) is 15.0 Å². The fourth-order valence-electron chi connectivity index (χ4n) is 1.36. The maximum Gasteiger partial charge on any atom is 0.416 e. The van der Waals surface area contributed by atoms with E-state index in [0.717, 1.165) is 24.3 Å². The molecule has 0 fully saturated rings. The van der Waals surface area contributed by atoms with Gasteiger partial charge in [-0.15, -0.1) is 0 Å². The lowest BCUT2D eigenvalue weighted by Gasteiger charge is -2.12. The highest BCUT2D eigenvalue weighted by molar-refractivity contribution is 5.96. The van der Waals surface area contributed by atoms with E-state index < -0.39 is 23.6 Å². The zero-order valence-corrected chi connectivity index (χ0v) is 10.9. The summed E-state index contributed by atoms with van der Waals surface area (Å²) in [5.74, 6) is -1.05. The second-order valence-corrected chi connectivity index (χ2v) is 4.19. The number of amides is 2. The highest BCUT2D eigenvalue weighted by Gasteiger charge is 2.30. The molecule has 1 aromatic carbocycles. The Balaban J connectivity index is 2.58. The highest BCUT2D eigenvalue weighted by atomic mass is 19.4. The summed E-state index contributed by atoms with van der Waals surface area (Å²) in [4.78, 5) is 22.9. The van der Waals surface area contributed by atoms with Crippen LogP contribution in [-0.2, 0) is 11.0 Å². The van der Waals surface area contributed by atoms with E-state index >= 15 is 0 Å². The molecular formula is C12H14F3N3O2. The summed E-state index contributed by atoms with van der Waals surface area (Å²) in [6, 6.07) is 3.74. The number of nitrogens with one attached hydrogen (secondary N) is 2. The standard InChI is InChI=1S/C12H14F3N3O2/c1-18(2)17-10(19)7-16-11(20)8-3-5-9(6-4-8)12(13,14)15/h3-6H,7H2,1-2H3,(H,16,20)(H,17,19). The van der Waals surface area contributed by atoms with Crippen LogP contribution in [0, 0.1) is 0 Å². The Kier molecular flexibility index (Phi) is 5.09. The van der Waals surface area contributed by atoms with E-state index in [2.05, 4.69) is 10.7 Å². The molecule has 0 aliphatic carbocycles. The third-order valence-corrected chi connectivity index (χ3v) is 2.23. The van der Waals surface area contributed by atoms with Crippen LogP contribution in [0.1, 0.15) is 15.9 Å². The zero-order chi connectivity index (χ0) is 15.3. The van der Waals surface area contributed by atoms with Gasteiger partial charge in [-0.1, -0.05) is 0 Å². The Labute approximate surface area is 113 Å². The number of benzene rings is 1. The van der Waals surface area contributed by atoms with Crippen molar-refractivity contribution in [3.8, 4) is 0 Å². The van der Waals surface area contributed by atoms with E-state index in [1.54, 1.807) is 14.1 Å². The smallest absolute Gasteiger partial charge is 0.343 e. The summed E-state index contributed by atoms with van der Waals surface area (Å²) >= 11 is 0. The van der Waals surface area contributed by atoms with Crippen molar-refractivity contribution < 1.29 is 22.8 Å². The Morgan fingerprint density at radius 2 is 1.70 bits per heavy atom. The van der Waals surface area contributed by atoms with E-state index in [-0.39, 0.29) is 12.1 Å². The summed E-state index contributed by atoms with van der Waals surface area (Å²) in [6.07, 6.45) is -4.44. The van der Waals surface area contributed by atoms with Crippen molar-refractivity contribution in [1.82, 2.24) is 15.8 Å². The Hall–Kier alpha value is -2.09. The Bertz CT molecular complexity index is 484. The molecular weight excluding hydrogens is 275 g/mol. The molecule has 1 rings (SSSR count). The third-order valence-electron chi connectivity index (χ3n) is 2.23. The quantitative estimate of drug-likeness (QED) is 0.814. The molecule has 0 aromatic heterocycles. The highest BCUT2D eigenvalue weighted by Crippen LogP contribution is 2.28. The lowest BCUT2D eigenvalue weighted by atomic mass is 10.1. The summed E-state index contributed by atoms with van der Waals surface area (Å²) < 4.78 is 37.0. The molecule has 20 heavy (non-hydrogen) atoms. The van der Waals surface area contributed by atoms with Crippen molar-refractivity contribution in [2.45, 2.75) is 6.18 Å². The number of alkyl halides is 3. The van der Waals surface area contributed by atoms with Gasteiger partial charge in [0, 0.05) is 19.7 Å². The molecule has 110 valence electrons. The molecule has 0 unspecified atom stereocenters. The lowest BCUT2D eigenvalue weighted by Crippen LogP contribution is -2.43. The molecule has 0 bridgehead atoms. The zero-order valence-electron chi connectivity index (χ0n) is 10.9. The van der Waals surface area contributed by atoms with E-state index in [1.807, 2.05) is 0 Å². The molecule has 0 spiro atoms. The number of carbonyl (C=O) groups excluding carboxylic acids is 2. The van der Waals surface area contributed by atoms with Crippen LogP contribution in [0.25, 0.3) is 0 Å². The predicted molar refractivity (Wildman–Crippen MR) is 65.6 cm³/mol. The molecule has 0 saturated carbocycles. The first-order valence-electron chi connectivity index (χ1n) is 5.62. The van der Waals surface area contributed by atoms with Crippen molar-refractivity contribution in [1.29, 1.82) is 0 Å². The first-order valence-corrected chi connectivity index (χ1v) is 5.62. The van der Waals surface area contributed by atoms with Crippen LogP contribution in [0.15, 0.2) is 24.3 Å². The normalized spacial score (nSPS) is 11.3. The minimum atomic E-state index is -4.44. The molecule has 0 atom stereocenters. The number of carbonyl (C=O) groups is 2. The van der Waals surface area contributed by atoms with E-state index in [4.69, 9.17) is 0 Å². The van der Waals surface area contributed by atoms with Crippen molar-refractivity contribution in [3.05, 3.63) is 35.4 Å². The Morgan fingerprint density at radius 3 is 2.15 bits per heavy atom. The monoisotopic (exact) mass is 289 g/mol. The van der Waals surface area contributed by atoms with E-state index in [1.165, 1.54) is 5.01 Å². The largest absolute Gasteiger partial charge is 0.416 e. The van der Waals surface area contributed by atoms with Gasteiger partial charge in [0.05, 0.1) is 12.1 Å². The van der Waals surface area contributed by atoms with Crippen LogP contribution in [0.5, 0.6) is 0 Å². The topological polar surface area (TPSA) is 61.4 Å². The maximum absolute atomic E-state index is 12.3. The van der Waals surface area contributed by atoms with Gasteiger partial charge >= 0.3 is 6.18 Å². The van der Waals surface area contributed by atoms with Crippen molar-refractivity contribution in [2.24, 2.45) is 0 Å². The minimum absolute atomic E-state index is 0.0515. The number of halogens is 3. The van der Waals surface area contributed by atoms with Gasteiger partial charge in [0.1, 0.15) is 0 Å². The first kappa shape index (κ1) is 16.0. The van der Waals surface area contributed by atoms with E-state index in [0.29, 0.717) is 0 Å². The van der Waals surface area contributed by atoms with Crippen molar-refractivity contribution in [3.63, 3.8) is 0 Å². The van der Waals surface area contributed by atoms with Crippen LogP contribution in [-0.4, -0.2) is 37.5 Å². The molecule has 0 saturated heterocycles. The number of hydrogen-bond acceptors (Lipinski definition) is 3. The fraction of sp³-hybridized carbons (Fsp3) is 0.333. The second-order valence-electron chi connectivity index (χ2n) is 4.19. The summed E-state index contributed by atoms with van der Waals surface area (Å²) in [5, 5.41) is 3.71. The molecule has 5 nitrogen and oxygen atoms in total. The molecule has 0 aliphatic rings. The molecule has 8 heteroatoms. The first-order chi connectivity index (χ1) is 9.20. The van der Waals surface area contributed by atoms with Gasteiger partial charge in [0.25, 0.3) is 11.8 Å². The van der Waals surface area contributed by atoms with Gasteiger partial charge in [-0.25, -0.2) is 5.01 Å². The molecule has 1 aromatic rings. The van der Waals surface area contributed by atoms with Crippen LogP contribution in [0.2, 0.25) is 0 Å². The second kappa shape index (κ2) is 6.38. The van der Waals surface area contributed by atoms with E-state index in [9.17, 15) is 22.8 Å². The SMILES string of the molecule is CN(C)NC(=O)CNC(=O)c1ccc(C(F)(F)F)cc1. The van der Waals surface area contributed by atoms with Crippen LogP contribution in [0.4, 0.5) is 13.2 Å². The van der Waals surface area contributed by atoms with Gasteiger partial charge in [-0.2, -0.15) is 13.2 Å². The number of hydrazine groups is 1. The summed E-state index contributed by atoms with van der Waals surface area (Å²) in [7, 11) is 3.21. The number of hydrogen-bond donors (Lipinski definition) is 2. The van der Waals surface area contributed by atoms with Crippen molar-refractivity contribution in [2.75, 3.05) is 20.6 Å². The molecule has 0 aliphatic heterocycles. The molecule has 0 heterocycles.